The Morgan fingerprint density at radius 3 is 2.89 bits per heavy atom. The van der Waals surface area contributed by atoms with Gasteiger partial charge in [0.15, 0.2) is 11.5 Å². The first kappa shape index (κ1) is 17.6. The van der Waals surface area contributed by atoms with Crippen molar-refractivity contribution < 1.29 is 14.3 Å². The lowest BCUT2D eigenvalue weighted by Gasteiger charge is -2.16. The van der Waals surface area contributed by atoms with Crippen molar-refractivity contribution in [1.29, 1.82) is 0 Å². The van der Waals surface area contributed by atoms with Crippen LogP contribution >= 0.6 is 0 Å². The van der Waals surface area contributed by atoms with Crippen LogP contribution in [0.15, 0.2) is 29.1 Å². The van der Waals surface area contributed by atoms with Crippen molar-refractivity contribution in [2.24, 2.45) is 0 Å². The molecule has 1 aliphatic heterocycles. The summed E-state index contributed by atoms with van der Waals surface area (Å²) in [4.78, 5) is 24.9. The van der Waals surface area contributed by atoms with E-state index in [0.717, 1.165) is 36.9 Å². The molecule has 1 atom stereocenters. The number of nitrogens with one attached hydrogen (secondary N) is 1. The van der Waals surface area contributed by atoms with E-state index in [2.05, 4.69) is 10.4 Å². The Kier molecular flexibility index (Phi) is 4.83. The van der Waals surface area contributed by atoms with Gasteiger partial charge in [-0.1, -0.05) is 6.42 Å². The Bertz CT molecular complexity index is 922. The Morgan fingerprint density at radius 1 is 1.19 bits per heavy atom. The van der Waals surface area contributed by atoms with Gasteiger partial charge in [-0.2, -0.15) is 5.10 Å². The lowest BCUT2D eigenvalue weighted by Crippen LogP contribution is -2.39. The molecule has 0 saturated heterocycles. The third kappa shape index (κ3) is 3.82. The van der Waals surface area contributed by atoms with Gasteiger partial charge in [0.25, 0.3) is 11.5 Å². The Hall–Kier alpha value is -2.83. The second-order valence-electron chi connectivity index (χ2n) is 7.14. The van der Waals surface area contributed by atoms with E-state index < -0.39 is 0 Å². The second kappa shape index (κ2) is 7.42. The monoisotopic (exact) mass is 369 g/mol. The third-order valence-electron chi connectivity index (χ3n) is 4.98. The molecule has 0 fully saturated rings. The lowest BCUT2D eigenvalue weighted by atomic mass is 10.1. The Morgan fingerprint density at radius 2 is 2.00 bits per heavy atom. The van der Waals surface area contributed by atoms with E-state index >= 15 is 0 Å². The van der Waals surface area contributed by atoms with Gasteiger partial charge in [-0.05, 0) is 56.4 Å². The number of carbonyl (C=O) groups excluding carboxylic acids is 1. The average Bonchev–Trinajstić information content (AvgIpc) is 3.00. The van der Waals surface area contributed by atoms with Gasteiger partial charge in [-0.15, -0.1) is 0 Å². The number of aryl methyl sites for hydroxylation is 2. The van der Waals surface area contributed by atoms with Gasteiger partial charge >= 0.3 is 0 Å². The van der Waals surface area contributed by atoms with Gasteiger partial charge in [-0.3, -0.25) is 9.59 Å². The van der Waals surface area contributed by atoms with Crippen LogP contribution in [0.3, 0.4) is 0 Å². The lowest BCUT2D eigenvalue weighted by molar-refractivity contribution is 0.0935. The number of rotatable bonds is 4. The number of aromatic nitrogens is 2. The minimum absolute atomic E-state index is 0.111. The van der Waals surface area contributed by atoms with Gasteiger partial charge < -0.3 is 14.8 Å². The van der Waals surface area contributed by atoms with Crippen LogP contribution in [0.1, 0.15) is 47.8 Å². The molecule has 2 aromatic rings. The van der Waals surface area contributed by atoms with Crippen molar-refractivity contribution >= 4 is 5.91 Å². The molecule has 1 aliphatic carbocycles. The molecule has 0 unspecified atom stereocenters. The maximum absolute atomic E-state index is 12.5. The number of hydrogen-bond donors (Lipinski definition) is 1. The van der Waals surface area contributed by atoms with Crippen LogP contribution in [0, 0.1) is 0 Å². The minimum atomic E-state index is -0.239. The number of ether oxygens (including phenoxy) is 2. The summed E-state index contributed by atoms with van der Waals surface area (Å²) in [6, 6.07) is 6.55. The normalized spacial score (nSPS) is 16.3. The van der Waals surface area contributed by atoms with E-state index in [4.69, 9.17) is 9.47 Å². The Balaban J connectivity index is 1.45. The zero-order chi connectivity index (χ0) is 18.8. The highest BCUT2D eigenvalue weighted by atomic mass is 16.7. The number of hydrogen-bond acceptors (Lipinski definition) is 5. The first-order valence-corrected chi connectivity index (χ1v) is 9.40. The SMILES string of the molecule is C[C@H](Cn1nc2c(cc1=O)CCCCC2)NC(=O)c1ccc2c(c1)OCO2. The molecular formula is C20H23N3O4. The molecular weight excluding hydrogens is 346 g/mol. The van der Waals surface area contributed by atoms with E-state index in [0.29, 0.717) is 23.6 Å². The highest BCUT2D eigenvalue weighted by Crippen LogP contribution is 2.32. The summed E-state index contributed by atoms with van der Waals surface area (Å²) in [5.41, 5.74) is 2.47. The maximum Gasteiger partial charge on any atom is 0.267 e. The van der Waals surface area contributed by atoms with Gasteiger partial charge in [-0.25, -0.2) is 4.68 Å². The van der Waals surface area contributed by atoms with Crippen molar-refractivity contribution in [1.82, 2.24) is 15.1 Å². The van der Waals surface area contributed by atoms with Crippen LogP contribution in [0.25, 0.3) is 0 Å². The molecule has 2 heterocycles. The minimum Gasteiger partial charge on any atom is -0.454 e. The number of nitrogens with zero attached hydrogens (tertiary/aromatic N) is 2. The Labute approximate surface area is 157 Å². The number of fused-ring (bicyclic) bond motifs is 2. The van der Waals surface area contributed by atoms with E-state index in [-0.39, 0.29) is 24.3 Å². The van der Waals surface area contributed by atoms with Crippen LogP contribution in [0.5, 0.6) is 11.5 Å². The van der Waals surface area contributed by atoms with Gasteiger partial charge in [0.05, 0.1) is 12.2 Å². The quantitative estimate of drug-likeness (QED) is 0.834. The number of carbonyl (C=O) groups is 1. The van der Waals surface area contributed by atoms with Gasteiger partial charge in [0.1, 0.15) is 0 Å². The van der Waals surface area contributed by atoms with Crippen LogP contribution in [0.2, 0.25) is 0 Å². The topological polar surface area (TPSA) is 82.5 Å². The molecule has 1 aromatic carbocycles. The summed E-state index contributed by atoms with van der Waals surface area (Å²) in [6.07, 6.45) is 5.23. The predicted molar refractivity (Wildman–Crippen MR) is 99.2 cm³/mol. The zero-order valence-electron chi connectivity index (χ0n) is 15.4. The molecule has 0 bridgehead atoms. The highest BCUT2D eigenvalue weighted by Gasteiger charge is 2.18. The summed E-state index contributed by atoms with van der Waals surface area (Å²) in [7, 11) is 0. The molecule has 1 amide bonds. The summed E-state index contributed by atoms with van der Waals surface area (Å²) < 4.78 is 12.0. The van der Waals surface area contributed by atoms with Gasteiger partial charge in [0.2, 0.25) is 6.79 Å². The summed E-state index contributed by atoms with van der Waals surface area (Å²) in [5.74, 6) is 0.989. The average molecular weight is 369 g/mol. The summed E-state index contributed by atoms with van der Waals surface area (Å²) in [6.45, 7) is 2.37. The molecule has 7 heteroatoms. The first-order valence-electron chi connectivity index (χ1n) is 9.40. The molecule has 142 valence electrons. The maximum atomic E-state index is 12.5. The molecule has 2 aliphatic rings. The molecule has 0 saturated carbocycles. The largest absolute Gasteiger partial charge is 0.454 e. The van der Waals surface area contributed by atoms with Crippen LogP contribution in [-0.4, -0.2) is 28.5 Å². The van der Waals surface area contributed by atoms with E-state index in [1.54, 1.807) is 24.3 Å². The summed E-state index contributed by atoms with van der Waals surface area (Å²) >= 11 is 0. The van der Waals surface area contributed by atoms with Crippen molar-refractivity contribution in [3.8, 4) is 11.5 Å². The predicted octanol–water partition coefficient (Wildman–Crippen LogP) is 2.06. The molecule has 0 spiro atoms. The van der Waals surface area contributed by atoms with Crippen molar-refractivity contribution in [3.63, 3.8) is 0 Å². The molecule has 27 heavy (non-hydrogen) atoms. The third-order valence-corrected chi connectivity index (χ3v) is 4.98. The standard InChI is InChI=1S/C20H23N3O4/c1-13(21-20(25)15-7-8-17-18(9-15)27-12-26-17)11-23-19(24)10-14-5-3-2-4-6-16(14)22-23/h7-10,13H,2-6,11-12H2,1H3,(H,21,25)/t13-/m1/s1. The molecule has 1 N–H and O–H groups in total. The number of amides is 1. The molecule has 1 aromatic heterocycles. The fourth-order valence-electron chi connectivity index (χ4n) is 3.56. The van der Waals surface area contributed by atoms with E-state index in [9.17, 15) is 9.59 Å². The van der Waals surface area contributed by atoms with Crippen molar-refractivity contribution in [2.75, 3.05) is 6.79 Å². The van der Waals surface area contributed by atoms with Crippen LogP contribution in [-0.2, 0) is 19.4 Å². The highest BCUT2D eigenvalue weighted by molar-refractivity contribution is 5.95. The molecule has 0 radical (unpaired) electrons. The second-order valence-corrected chi connectivity index (χ2v) is 7.14. The van der Waals surface area contributed by atoms with Crippen molar-refractivity contribution in [3.05, 3.63) is 51.4 Å². The smallest absolute Gasteiger partial charge is 0.267 e. The fourth-order valence-corrected chi connectivity index (χ4v) is 3.56. The molecule has 7 nitrogen and oxygen atoms in total. The fraction of sp³-hybridized carbons (Fsp3) is 0.450. The zero-order valence-corrected chi connectivity index (χ0v) is 15.4. The molecule has 4 rings (SSSR count). The summed E-state index contributed by atoms with van der Waals surface area (Å²) in [5, 5.41) is 7.48. The van der Waals surface area contributed by atoms with E-state index in [1.807, 2.05) is 6.92 Å². The van der Waals surface area contributed by atoms with Gasteiger partial charge in [0, 0.05) is 17.7 Å². The van der Waals surface area contributed by atoms with Crippen LogP contribution < -0.4 is 20.3 Å². The van der Waals surface area contributed by atoms with E-state index in [1.165, 1.54) is 11.1 Å². The van der Waals surface area contributed by atoms with Crippen molar-refractivity contribution in [2.45, 2.75) is 51.6 Å². The van der Waals surface area contributed by atoms with Crippen LogP contribution in [0.4, 0.5) is 0 Å². The number of benzene rings is 1. The first-order chi connectivity index (χ1) is 13.1.